The zero-order valence-corrected chi connectivity index (χ0v) is 10.8. The fourth-order valence-electron chi connectivity index (χ4n) is 1.12. The van der Waals surface area contributed by atoms with E-state index in [-0.39, 0.29) is 5.60 Å². The molecule has 1 aromatic carbocycles. The smallest absolute Gasteiger partial charge is 0.120 e. The molecule has 0 saturated heterocycles. The molecule has 0 bridgehead atoms. The monoisotopic (exact) mass is 256 g/mol. The third-order valence-corrected chi connectivity index (χ3v) is 3.54. The van der Waals surface area contributed by atoms with Gasteiger partial charge in [0, 0.05) is 5.33 Å². The molecule has 0 fully saturated rings. The van der Waals surface area contributed by atoms with Gasteiger partial charge in [-0.1, -0.05) is 22.0 Å². The van der Waals surface area contributed by atoms with Gasteiger partial charge in [-0.2, -0.15) is 0 Å². The fraction of sp³-hybridized carbons (Fsp3) is 0.500. The van der Waals surface area contributed by atoms with Gasteiger partial charge in [-0.25, -0.2) is 0 Å². The first kappa shape index (κ1) is 11.6. The highest BCUT2D eigenvalue weighted by Crippen LogP contribution is 2.22. The molecular weight excluding hydrogens is 240 g/mol. The summed E-state index contributed by atoms with van der Waals surface area (Å²) in [6.45, 7) is 8.34. The van der Waals surface area contributed by atoms with E-state index in [2.05, 4.69) is 55.8 Å². The largest absolute Gasteiger partial charge is 0.487 e. The van der Waals surface area contributed by atoms with Crippen molar-refractivity contribution in [2.45, 2.75) is 33.3 Å². The molecule has 1 rings (SSSR count). The van der Waals surface area contributed by atoms with Gasteiger partial charge in [-0.15, -0.1) is 0 Å². The highest BCUT2D eigenvalue weighted by atomic mass is 79.9. The second-order valence-corrected chi connectivity index (χ2v) is 4.80. The van der Waals surface area contributed by atoms with Gasteiger partial charge < -0.3 is 4.74 Å². The molecule has 1 aromatic rings. The third kappa shape index (κ3) is 3.02. The Bertz CT molecular complexity index is 318. The number of halogens is 1. The second-order valence-electron chi connectivity index (χ2n) is 4.24. The number of ether oxygens (including phenoxy) is 1. The van der Waals surface area contributed by atoms with Crippen LogP contribution in [-0.2, 0) is 0 Å². The van der Waals surface area contributed by atoms with Crippen LogP contribution in [0.25, 0.3) is 0 Å². The molecule has 0 unspecified atom stereocenters. The van der Waals surface area contributed by atoms with Crippen molar-refractivity contribution in [2.75, 3.05) is 5.33 Å². The van der Waals surface area contributed by atoms with E-state index >= 15 is 0 Å². The van der Waals surface area contributed by atoms with Crippen LogP contribution in [0.4, 0.5) is 0 Å². The van der Waals surface area contributed by atoms with E-state index in [4.69, 9.17) is 4.74 Å². The highest BCUT2D eigenvalue weighted by molar-refractivity contribution is 9.09. The van der Waals surface area contributed by atoms with Crippen molar-refractivity contribution in [2.24, 2.45) is 0 Å². The maximum Gasteiger partial charge on any atom is 0.120 e. The molecule has 1 nitrogen and oxygen atoms in total. The van der Waals surface area contributed by atoms with Crippen LogP contribution < -0.4 is 4.74 Å². The van der Waals surface area contributed by atoms with Crippen molar-refractivity contribution in [3.05, 3.63) is 29.3 Å². The lowest BCUT2D eigenvalue weighted by molar-refractivity contribution is 0.137. The lowest BCUT2D eigenvalue weighted by atomic mass is 10.1. The predicted octanol–water partition coefficient (Wildman–Crippen LogP) is 3.86. The van der Waals surface area contributed by atoms with Gasteiger partial charge in [0.25, 0.3) is 0 Å². The summed E-state index contributed by atoms with van der Waals surface area (Å²) >= 11 is 3.44. The SMILES string of the molecule is Cc1ccc(OC(C)(C)CBr)cc1C. The van der Waals surface area contributed by atoms with Gasteiger partial charge in [0.05, 0.1) is 0 Å². The number of aryl methyl sites for hydroxylation is 2. The average molecular weight is 257 g/mol. The van der Waals surface area contributed by atoms with E-state index in [9.17, 15) is 0 Å². The summed E-state index contributed by atoms with van der Waals surface area (Å²) in [5, 5.41) is 0.826. The van der Waals surface area contributed by atoms with E-state index in [1.807, 2.05) is 6.07 Å². The normalized spacial score (nSPS) is 11.5. The van der Waals surface area contributed by atoms with E-state index in [1.54, 1.807) is 0 Å². The fourth-order valence-corrected chi connectivity index (χ4v) is 1.24. The van der Waals surface area contributed by atoms with Crippen LogP contribution in [-0.4, -0.2) is 10.9 Å². The minimum atomic E-state index is -0.151. The van der Waals surface area contributed by atoms with Crippen LogP contribution in [0.1, 0.15) is 25.0 Å². The van der Waals surface area contributed by atoms with Gasteiger partial charge in [0.1, 0.15) is 11.4 Å². The zero-order chi connectivity index (χ0) is 10.8. The Labute approximate surface area is 94.6 Å². The number of alkyl halides is 1. The minimum Gasteiger partial charge on any atom is -0.487 e. The summed E-state index contributed by atoms with van der Waals surface area (Å²) in [6.07, 6.45) is 0. The lowest BCUT2D eigenvalue weighted by Gasteiger charge is -2.24. The zero-order valence-electron chi connectivity index (χ0n) is 9.23. The van der Waals surface area contributed by atoms with Crippen molar-refractivity contribution in [3.63, 3.8) is 0 Å². The first-order valence-corrected chi connectivity index (χ1v) is 5.89. The Morgan fingerprint density at radius 1 is 1.21 bits per heavy atom. The van der Waals surface area contributed by atoms with Crippen LogP contribution in [0.5, 0.6) is 5.75 Å². The number of hydrogen-bond acceptors (Lipinski definition) is 1. The van der Waals surface area contributed by atoms with Crippen molar-refractivity contribution < 1.29 is 4.74 Å². The van der Waals surface area contributed by atoms with Crippen molar-refractivity contribution in [1.82, 2.24) is 0 Å². The minimum absolute atomic E-state index is 0.151. The van der Waals surface area contributed by atoms with Gasteiger partial charge in [-0.3, -0.25) is 0 Å². The van der Waals surface area contributed by atoms with Gasteiger partial charge >= 0.3 is 0 Å². The Hall–Kier alpha value is -0.500. The maximum atomic E-state index is 5.84. The van der Waals surface area contributed by atoms with Gasteiger partial charge in [0.2, 0.25) is 0 Å². The van der Waals surface area contributed by atoms with E-state index in [1.165, 1.54) is 11.1 Å². The van der Waals surface area contributed by atoms with E-state index in [0.717, 1.165) is 11.1 Å². The molecule has 0 aliphatic rings. The maximum absolute atomic E-state index is 5.84. The highest BCUT2D eigenvalue weighted by Gasteiger charge is 2.17. The summed E-state index contributed by atoms with van der Waals surface area (Å²) in [6, 6.07) is 6.20. The molecule has 0 aliphatic heterocycles. The summed E-state index contributed by atoms with van der Waals surface area (Å²) in [4.78, 5) is 0. The van der Waals surface area contributed by atoms with E-state index < -0.39 is 0 Å². The topological polar surface area (TPSA) is 9.23 Å². The summed E-state index contributed by atoms with van der Waals surface area (Å²) in [5.74, 6) is 0.942. The molecule has 0 aliphatic carbocycles. The van der Waals surface area contributed by atoms with Crippen molar-refractivity contribution in [3.8, 4) is 5.75 Å². The van der Waals surface area contributed by atoms with E-state index in [0.29, 0.717) is 0 Å². The van der Waals surface area contributed by atoms with Crippen LogP contribution in [0, 0.1) is 13.8 Å². The van der Waals surface area contributed by atoms with Crippen molar-refractivity contribution >= 4 is 15.9 Å². The summed E-state index contributed by atoms with van der Waals surface area (Å²) in [7, 11) is 0. The molecule has 0 atom stereocenters. The summed E-state index contributed by atoms with van der Waals surface area (Å²) < 4.78 is 5.84. The molecule has 0 heterocycles. The molecule has 14 heavy (non-hydrogen) atoms. The standard InChI is InChI=1S/C12H17BrO/c1-9-5-6-11(7-10(9)2)14-12(3,4)8-13/h5-7H,8H2,1-4H3. The van der Waals surface area contributed by atoms with Crippen LogP contribution >= 0.6 is 15.9 Å². The molecule has 0 aromatic heterocycles. The number of hydrogen-bond donors (Lipinski definition) is 0. The summed E-state index contributed by atoms with van der Waals surface area (Å²) in [5.41, 5.74) is 2.42. The molecule has 0 amide bonds. The predicted molar refractivity (Wildman–Crippen MR) is 64.4 cm³/mol. The molecule has 78 valence electrons. The molecular formula is C12H17BrO. The van der Waals surface area contributed by atoms with Crippen LogP contribution in [0.2, 0.25) is 0 Å². The second kappa shape index (κ2) is 4.35. The quantitative estimate of drug-likeness (QED) is 0.747. The molecule has 0 saturated carbocycles. The average Bonchev–Trinajstić information content (AvgIpc) is 2.11. The lowest BCUT2D eigenvalue weighted by Crippen LogP contribution is -2.29. The number of rotatable bonds is 3. The van der Waals surface area contributed by atoms with Gasteiger partial charge in [0.15, 0.2) is 0 Å². The first-order valence-electron chi connectivity index (χ1n) is 4.77. The van der Waals surface area contributed by atoms with Crippen molar-refractivity contribution in [1.29, 1.82) is 0 Å². The molecule has 0 N–H and O–H groups in total. The first-order chi connectivity index (χ1) is 6.44. The number of benzene rings is 1. The van der Waals surface area contributed by atoms with Crippen LogP contribution in [0.3, 0.4) is 0 Å². The third-order valence-electron chi connectivity index (χ3n) is 2.19. The Balaban J connectivity index is 2.83. The molecule has 0 spiro atoms. The van der Waals surface area contributed by atoms with Gasteiger partial charge in [-0.05, 0) is 51.0 Å². The Morgan fingerprint density at radius 2 is 1.86 bits per heavy atom. The Morgan fingerprint density at radius 3 is 2.36 bits per heavy atom. The Kier molecular flexibility index (Phi) is 3.59. The van der Waals surface area contributed by atoms with Crippen LogP contribution in [0.15, 0.2) is 18.2 Å². The molecule has 2 heteroatoms. The molecule has 0 radical (unpaired) electrons.